The number of carbonyl (C=O) groups is 7. The highest BCUT2D eigenvalue weighted by atomic mass is 16.6. The van der Waals surface area contributed by atoms with Gasteiger partial charge in [-0.2, -0.15) is 0 Å². The lowest BCUT2D eigenvalue weighted by Crippen LogP contribution is -2.81. The van der Waals surface area contributed by atoms with Crippen molar-refractivity contribution in [3.8, 4) is 0 Å². The van der Waals surface area contributed by atoms with E-state index in [1.807, 2.05) is 0 Å². The number of rotatable bonds is 5. The van der Waals surface area contributed by atoms with Gasteiger partial charge in [0, 0.05) is 45.3 Å². The van der Waals surface area contributed by atoms with E-state index in [0.717, 1.165) is 35.5 Å². The molecule has 3 aromatic rings. The number of likely N-dealkylation sites (N-methyl/N-ethyl adjacent to an activating group) is 1. The molecule has 1 aromatic heterocycles. The molecule has 0 spiro atoms. The minimum absolute atomic E-state index is 0.182. The third-order valence-corrected chi connectivity index (χ3v) is 10.3. The van der Waals surface area contributed by atoms with Crippen molar-refractivity contribution in [1.29, 1.82) is 0 Å². The highest BCUT2D eigenvalue weighted by Crippen LogP contribution is 2.65. The first-order valence-electron chi connectivity index (χ1n) is 18.5. The first kappa shape index (κ1) is 40.7. The van der Waals surface area contributed by atoms with Crippen LogP contribution in [0.2, 0.25) is 0 Å². The molecule has 0 saturated carbocycles. The Morgan fingerprint density at radius 3 is 1.84 bits per heavy atom. The summed E-state index contributed by atoms with van der Waals surface area (Å²) < 4.78 is 31.2. The fraction of sp³-hybridized carbons (Fsp3) is 0.488. The molecule has 5 atom stereocenters. The Morgan fingerprint density at radius 1 is 0.719 bits per heavy atom. The zero-order valence-corrected chi connectivity index (χ0v) is 34.1. The molecule has 0 N–H and O–H groups in total. The molecule has 3 amide bonds. The van der Waals surface area contributed by atoms with Gasteiger partial charge in [-0.15, -0.1) is 0 Å². The van der Waals surface area contributed by atoms with Gasteiger partial charge in [0.05, 0.1) is 11.2 Å². The van der Waals surface area contributed by atoms with Crippen molar-refractivity contribution in [2.24, 2.45) is 5.92 Å². The number of esters is 3. The molecule has 3 aliphatic rings. The fourth-order valence-corrected chi connectivity index (χ4v) is 8.60. The van der Waals surface area contributed by atoms with Crippen LogP contribution in [0, 0.1) is 5.92 Å². The van der Waals surface area contributed by atoms with Gasteiger partial charge >= 0.3 is 35.8 Å². The van der Waals surface area contributed by atoms with Crippen LogP contribution in [0.15, 0.2) is 54.7 Å². The molecule has 6 rings (SSSR count). The number of piperazine rings is 1. The maximum Gasteiger partial charge on any atom is 0.419 e. The van der Waals surface area contributed by atoms with Crippen LogP contribution in [0.4, 0.5) is 15.3 Å². The summed E-state index contributed by atoms with van der Waals surface area (Å²) in [4.78, 5) is 103. The second-order valence-electron chi connectivity index (χ2n) is 16.8. The van der Waals surface area contributed by atoms with Gasteiger partial charge in [-0.25, -0.2) is 9.59 Å². The molecule has 0 aliphatic carbocycles. The summed E-state index contributed by atoms with van der Waals surface area (Å²) in [5.41, 5.74) is -8.40. The summed E-state index contributed by atoms with van der Waals surface area (Å²) in [5, 5.41) is 0.368. The maximum atomic E-state index is 15.8. The van der Waals surface area contributed by atoms with Crippen LogP contribution in [-0.4, -0.2) is 98.2 Å². The van der Waals surface area contributed by atoms with E-state index in [2.05, 4.69) is 0 Å². The van der Waals surface area contributed by atoms with Crippen molar-refractivity contribution in [1.82, 2.24) is 14.4 Å². The third-order valence-electron chi connectivity index (χ3n) is 10.3. The number of hydrogen-bond acceptors (Lipinski definition) is 12. The fourth-order valence-electron chi connectivity index (χ4n) is 8.60. The smallest absolute Gasteiger partial charge is 0.419 e. The van der Waals surface area contributed by atoms with E-state index in [1.54, 1.807) is 104 Å². The van der Waals surface area contributed by atoms with Crippen molar-refractivity contribution >= 4 is 58.5 Å². The quantitative estimate of drug-likeness (QED) is 0.244. The van der Waals surface area contributed by atoms with Gasteiger partial charge < -0.3 is 23.7 Å². The lowest BCUT2D eigenvalue weighted by Gasteiger charge is -2.55. The van der Waals surface area contributed by atoms with E-state index in [1.165, 1.54) is 17.8 Å². The molecule has 304 valence electrons. The lowest BCUT2D eigenvalue weighted by atomic mass is 9.69. The van der Waals surface area contributed by atoms with Crippen LogP contribution >= 0.6 is 0 Å². The van der Waals surface area contributed by atoms with E-state index in [-0.39, 0.29) is 16.8 Å². The molecule has 3 aliphatic heterocycles. The van der Waals surface area contributed by atoms with Gasteiger partial charge in [0.2, 0.25) is 0 Å². The van der Waals surface area contributed by atoms with Crippen LogP contribution in [-0.2, 0) is 53.1 Å². The molecule has 16 nitrogen and oxygen atoms in total. The second kappa shape index (κ2) is 13.3. The van der Waals surface area contributed by atoms with Gasteiger partial charge in [0.1, 0.15) is 22.8 Å². The molecular formula is C41H48N4O12. The average Bonchev–Trinajstić information content (AvgIpc) is 3.68. The van der Waals surface area contributed by atoms with Crippen LogP contribution in [0.1, 0.15) is 87.3 Å². The molecule has 2 saturated heterocycles. The lowest BCUT2D eigenvalue weighted by molar-refractivity contribution is -0.257. The number of para-hydroxylation sites is 2. The van der Waals surface area contributed by atoms with E-state index in [0.29, 0.717) is 10.9 Å². The molecule has 0 radical (unpaired) electrons. The predicted molar refractivity (Wildman–Crippen MR) is 202 cm³/mol. The minimum atomic E-state index is -2.85. The number of nitrogens with zero attached hydrogens (tertiary/aromatic N) is 4. The number of anilines is 1. The van der Waals surface area contributed by atoms with Crippen LogP contribution in [0.25, 0.3) is 10.9 Å². The first-order chi connectivity index (χ1) is 26.4. The Morgan fingerprint density at radius 2 is 1.28 bits per heavy atom. The molecule has 4 heterocycles. The third kappa shape index (κ3) is 5.90. The van der Waals surface area contributed by atoms with Crippen molar-refractivity contribution in [3.05, 3.63) is 65.9 Å². The number of amides is 3. The molecule has 0 bridgehead atoms. The average molecular weight is 789 g/mol. The number of aromatic nitrogens is 1. The van der Waals surface area contributed by atoms with Gasteiger partial charge in [-0.1, -0.05) is 50.2 Å². The molecular weight excluding hydrogens is 740 g/mol. The summed E-state index contributed by atoms with van der Waals surface area (Å²) in [6, 6.07) is 13.2. The van der Waals surface area contributed by atoms with Crippen LogP contribution in [0.3, 0.4) is 0 Å². The second-order valence-corrected chi connectivity index (χ2v) is 16.8. The van der Waals surface area contributed by atoms with Crippen molar-refractivity contribution < 1.29 is 57.2 Å². The van der Waals surface area contributed by atoms with Crippen molar-refractivity contribution in [2.75, 3.05) is 11.9 Å². The topological polar surface area (TPSA) is 180 Å². The highest BCUT2D eigenvalue weighted by Gasteiger charge is 2.85. The minimum Gasteiger partial charge on any atom is -0.454 e. The number of benzene rings is 2. The van der Waals surface area contributed by atoms with E-state index in [9.17, 15) is 24.0 Å². The van der Waals surface area contributed by atoms with E-state index >= 15 is 9.59 Å². The number of carbonyl (C=O) groups excluding carboxylic acids is 7. The maximum absolute atomic E-state index is 15.8. The van der Waals surface area contributed by atoms with Crippen LogP contribution in [0.5, 0.6) is 0 Å². The summed E-state index contributed by atoms with van der Waals surface area (Å²) in [7, 11) is 1.21. The summed E-state index contributed by atoms with van der Waals surface area (Å²) in [5.74, 6) is -6.04. The zero-order valence-electron chi connectivity index (χ0n) is 34.1. The van der Waals surface area contributed by atoms with Crippen molar-refractivity contribution in [3.63, 3.8) is 0 Å². The van der Waals surface area contributed by atoms with Gasteiger partial charge in [0.15, 0.2) is 6.10 Å². The molecule has 16 heteroatoms. The summed E-state index contributed by atoms with van der Waals surface area (Å²) in [6.07, 6.45) is -4.06. The Hall–Kier alpha value is -5.93. The monoisotopic (exact) mass is 788 g/mol. The molecule has 57 heavy (non-hydrogen) atoms. The van der Waals surface area contributed by atoms with Gasteiger partial charge in [-0.3, -0.25) is 43.2 Å². The number of fused-ring (bicyclic) bond motifs is 6. The summed E-state index contributed by atoms with van der Waals surface area (Å²) >= 11 is 0. The van der Waals surface area contributed by atoms with Gasteiger partial charge in [-0.05, 0) is 64.8 Å². The predicted octanol–water partition coefficient (Wildman–Crippen LogP) is 5.21. The SMILES string of the molecule is CC(=O)O[C@H]1[C@]2(c3cn(C(=O)OC(C)(C)C)c4ccccc34)c3ccccc3N(C(=O)OC(C)(C)C)[C@@H]2N2C(=O)[C@@](OC(C)=O)(C(C)C)N(C)C(=O)[C@]12OC(C)=O. The Labute approximate surface area is 329 Å². The highest BCUT2D eigenvalue weighted by molar-refractivity contribution is 6.08. The number of ether oxygens (including phenoxy) is 5. The standard InChI is InChI=1S/C41H48N4O12/c1-22(2)40(54-24(4)47)34(50)45-32-39(27-18-14-16-20-30(27)44(32)36(52)57-38(9,10)11,31(53-23(3)46)41(45,55-25(5)48)33(49)42(40)12)28-21-43(35(51)56-37(6,7)8)29-19-15-13-17-26(28)29/h13-22,31-32H,1-12H3/t31-,32+,39+,40-,41+/m0/s1. The van der Waals surface area contributed by atoms with Crippen molar-refractivity contribution in [2.45, 2.75) is 116 Å². The van der Waals surface area contributed by atoms with Gasteiger partial charge in [0.25, 0.3) is 17.5 Å². The zero-order chi connectivity index (χ0) is 42.4. The Kier molecular flexibility index (Phi) is 9.53. The molecule has 0 unspecified atom stereocenters. The molecule has 2 fully saturated rings. The summed E-state index contributed by atoms with van der Waals surface area (Å²) in [6.45, 7) is 16.3. The Balaban J connectivity index is 1.87. The van der Waals surface area contributed by atoms with Crippen LogP contribution < -0.4 is 4.90 Å². The van der Waals surface area contributed by atoms with E-state index in [4.69, 9.17) is 23.7 Å². The Bertz CT molecular complexity index is 2230. The normalized spacial score (nSPS) is 25.5. The number of hydrogen-bond donors (Lipinski definition) is 0. The first-order valence-corrected chi connectivity index (χ1v) is 18.5. The largest absolute Gasteiger partial charge is 0.454 e. The molecule has 2 aromatic carbocycles. The van der Waals surface area contributed by atoms with E-state index < -0.39 is 88.2 Å².